The Balaban J connectivity index is 1.45. The molecule has 1 aliphatic carbocycles. The van der Waals surface area contributed by atoms with Crippen molar-refractivity contribution in [2.24, 2.45) is 5.10 Å². The van der Waals surface area contributed by atoms with Gasteiger partial charge in [0.05, 0.1) is 19.4 Å². The molecule has 0 saturated carbocycles. The lowest BCUT2D eigenvalue weighted by Gasteiger charge is -2.12. The molecule has 0 atom stereocenters. The van der Waals surface area contributed by atoms with Gasteiger partial charge < -0.3 is 14.2 Å². The molecule has 0 radical (unpaired) electrons. The molecule has 1 aliphatic rings. The number of hydrogen-bond acceptors (Lipinski definition) is 10. The molecule has 0 saturated heterocycles. The molecule has 1 heterocycles. The molecule has 4 rings (SSSR count). The number of carbonyl (C=O) groups is 2. The van der Waals surface area contributed by atoms with Crippen molar-refractivity contribution < 1.29 is 23.8 Å². The van der Waals surface area contributed by atoms with Gasteiger partial charge in [0.2, 0.25) is 5.78 Å². The summed E-state index contributed by atoms with van der Waals surface area (Å²) in [6.45, 7) is 4.06. The second-order valence-corrected chi connectivity index (χ2v) is 6.81. The maximum absolute atomic E-state index is 12.5. The molecule has 0 fully saturated rings. The highest BCUT2D eigenvalue weighted by Gasteiger charge is 2.30. The number of rotatable bonds is 9. The van der Waals surface area contributed by atoms with Crippen molar-refractivity contribution in [2.75, 3.05) is 25.2 Å². The number of anilines is 1. The summed E-state index contributed by atoms with van der Waals surface area (Å²) in [5.41, 5.74) is 5.38. The van der Waals surface area contributed by atoms with E-state index in [-0.39, 0.29) is 30.6 Å². The quantitative estimate of drug-likeness (QED) is 0.234. The van der Waals surface area contributed by atoms with E-state index in [1.165, 1.54) is 6.21 Å². The number of nitrogens with zero attached hydrogens (tertiary/aromatic N) is 4. The van der Waals surface area contributed by atoms with Crippen molar-refractivity contribution in [3.8, 4) is 22.8 Å². The molecule has 1 aromatic heterocycles. The number of esters is 1. The van der Waals surface area contributed by atoms with Gasteiger partial charge in [-0.1, -0.05) is 24.3 Å². The largest absolute Gasteiger partial charge is 0.490 e. The van der Waals surface area contributed by atoms with Crippen LogP contribution in [-0.2, 0) is 9.53 Å². The topological polar surface area (TPSA) is 125 Å². The first-order valence-electron chi connectivity index (χ1n) is 10.3. The van der Waals surface area contributed by atoms with Crippen molar-refractivity contribution in [3.63, 3.8) is 0 Å². The third kappa shape index (κ3) is 4.79. The van der Waals surface area contributed by atoms with Gasteiger partial charge in [-0.05, 0) is 37.6 Å². The number of ether oxygens (including phenoxy) is 3. The standard InChI is InChI=1S/C23H21N5O5/c1-3-31-18-11-14(9-10-17(18)33-13-19(29)32-4-2)12-24-27-23-25-21-20(26-28-23)15-7-5-6-8-16(15)22(21)30/h5-12H,3-4,13H2,1-2H3,(H,25,27,28)/b24-12+. The summed E-state index contributed by atoms with van der Waals surface area (Å²) >= 11 is 0. The zero-order valence-corrected chi connectivity index (χ0v) is 18.1. The molecule has 10 nitrogen and oxygen atoms in total. The molecule has 0 amide bonds. The van der Waals surface area contributed by atoms with E-state index in [1.807, 2.05) is 19.1 Å². The summed E-state index contributed by atoms with van der Waals surface area (Å²) in [4.78, 5) is 28.3. The molecular formula is C23H21N5O5. The van der Waals surface area contributed by atoms with Crippen LogP contribution in [0.15, 0.2) is 47.6 Å². The lowest BCUT2D eigenvalue weighted by molar-refractivity contribution is -0.145. The third-order valence-corrected chi connectivity index (χ3v) is 4.63. The van der Waals surface area contributed by atoms with Gasteiger partial charge in [0, 0.05) is 11.1 Å². The lowest BCUT2D eigenvalue weighted by atomic mass is 10.1. The molecule has 2 aromatic carbocycles. The molecular weight excluding hydrogens is 426 g/mol. The highest BCUT2D eigenvalue weighted by Crippen LogP contribution is 2.33. The Kier molecular flexibility index (Phi) is 6.53. The van der Waals surface area contributed by atoms with Crippen LogP contribution in [0.5, 0.6) is 11.5 Å². The number of fused-ring (bicyclic) bond motifs is 3. The summed E-state index contributed by atoms with van der Waals surface area (Å²) in [5.74, 6) is 0.330. The molecule has 3 aromatic rings. The van der Waals surface area contributed by atoms with E-state index in [0.717, 1.165) is 5.56 Å². The number of benzene rings is 2. The number of nitrogens with one attached hydrogen (secondary N) is 1. The smallest absolute Gasteiger partial charge is 0.344 e. The van der Waals surface area contributed by atoms with E-state index in [0.29, 0.717) is 34.9 Å². The Morgan fingerprint density at radius 1 is 1.00 bits per heavy atom. The van der Waals surface area contributed by atoms with Crippen molar-refractivity contribution >= 4 is 23.9 Å². The second kappa shape index (κ2) is 9.86. The first-order chi connectivity index (χ1) is 16.1. The average molecular weight is 447 g/mol. The zero-order chi connectivity index (χ0) is 23.2. The van der Waals surface area contributed by atoms with Gasteiger partial charge in [-0.3, -0.25) is 4.79 Å². The van der Waals surface area contributed by atoms with Crippen LogP contribution < -0.4 is 14.9 Å². The van der Waals surface area contributed by atoms with Gasteiger partial charge in [0.1, 0.15) is 11.4 Å². The fourth-order valence-electron chi connectivity index (χ4n) is 3.22. The Labute approximate surface area is 189 Å². The van der Waals surface area contributed by atoms with Crippen LogP contribution >= 0.6 is 0 Å². The first-order valence-corrected chi connectivity index (χ1v) is 10.3. The fourth-order valence-corrected chi connectivity index (χ4v) is 3.22. The Bertz CT molecular complexity index is 1230. The van der Waals surface area contributed by atoms with Crippen LogP contribution in [0.3, 0.4) is 0 Å². The van der Waals surface area contributed by atoms with E-state index in [9.17, 15) is 9.59 Å². The van der Waals surface area contributed by atoms with Gasteiger partial charge in [0.15, 0.2) is 18.1 Å². The van der Waals surface area contributed by atoms with E-state index in [2.05, 4.69) is 25.7 Å². The normalized spacial score (nSPS) is 11.8. The summed E-state index contributed by atoms with van der Waals surface area (Å²) in [7, 11) is 0. The highest BCUT2D eigenvalue weighted by atomic mass is 16.6. The molecule has 0 bridgehead atoms. The van der Waals surface area contributed by atoms with Gasteiger partial charge in [-0.15, -0.1) is 10.2 Å². The van der Waals surface area contributed by atoms with Crippen LogP contribution in [0.2, 0.25) is 0 Å². The number of carbonyl (C=O) groups excluding carboxylic acids is 2. The first kappa shape index (κ1) is 21.9. The van der Waals surface area contributed by atoms with Crippen LogP contribution in [0.25, 0.3) is 11.3 Å². The maximum Gasteiger partial charge on any atom is 0.344 e. The van der Waals surface area contributed by atoms with Crippen LogP contribution in [0.1, 0.15) is 35.5 Å². The summed E-state index contributed by atoms with van der Waals surface area (Å²) in [5, 5.41) is 12.3. The Morgan fingerprint density at radius 3 is 2.61 bits per heavy atom. The van der Waals surface area contributed by atoms with Gasteiger partial charge >= 0.3 is 5.97 Å². The summed E-state index contributed by atoms with van der Waals surface area (Å²) in [6, 6.07) is 12.3. The van der Waals surface area contributed by atoms with Gasteiger partial charge in [-0.25, -0.2) is 15.2 Å². The summed E-state index contributed by atoms with van der Waals surface area (Å²) in [6.07, 6.45) is 1.53. The molecule has 168 valence electrons. The molecule has 33 heavy (non-hydrogen) atoms. The second-order valence-electron chi connectivity index (χ2n) is 6.81. The number of hydrazone groups is 1. The minimum atomic E-state index is -0.459. The van der Waals surface area contributed by atoms with Crippen LogP contribution in [-0.4, -0.2) is 53.0 Å². The highest BCUT2D eigenvalue weighted by molar-refractivity contribution is 6.19. The van der Waals surface area contributed by atoms with Gasteiger partial charge in [0.25, 0.3) is 5.95 Å². The van der Waals surface area contributed by atoms with Crippen molar-refractivity contribution in [1.82, 2.24) is 15.2 Å². The van der Waals surface area contributed by atoms with E-state index >= 15 is 0 Å². The van der Waals surface area contributed by atoms with Crippen LogP contribution in [0, 0.1) is 0 Å². The Hall–Kier alpha value is -4.34. The Morgan fingerprint density at radius 2 is 1.82 bits per heavy atom. The molecule has 0 unspecified atom stereocenters. The van der Waals surface area contributed by atoms with E-state index < -0.39 is 5.97 Å². The minimum absolute atomic E-state index is 0.102. The fraction of sp³-hybridized carbons (Fsp3) is 0.217. The number of hydrogen-bond donors (Lipinski definition) is 1. The van der Waals surface area contributed by atoms with Crippen molar-refractivity contribution in [3.05, 3.63) is 59.3 Å². The number of aromatic nitrogens is 3. The summed E-state index contributed by atoms with van der Waals surface area (Å²) < 4.78 is 16.0. The molecule has 1 N–H and O–H groups in total. The predicted octanol–water partition coefficient (Wildman–Crippen LogP) is 2.87. The maximum atomic E-state index is 12.5. The van der Waals surface area contributed by atoms with E-state index in [1.54, 1.807) is 37.3 Å². The lowest BCUT2D eigenvalue weighted by Crippen LogP contribution is -2.15. The molecule has 10 heteroatoms. The van der Waals surface area contributed by atoms with Crippen LogP contribution in [0.4, 0.5) is 5.95 Å². The molecule has 0 spiro atoms. The SMILES string of the molecule is CCOC(=O)COc1ccc(/C=N/Nc2nnc3c(n2)C(=O)c2ccccc2-3)cc1OCC. The van der Waals surface area contributed by atoms with Crippen molar-refractivity contribution in [2.45, 2.75) is 13.8 Å². The third-order valence-electron chi connectivity index (χ3n) is 4.63. The zero-order valence-electron chi connectivity index (χ0n) is 18.1. The van der Waals surface area contributed by atoms with Crippen molar-refractivity contribution in [1.29, 1.82) is 0 Å². The van der Waals surface area contributed by atoms with Gasteiger partial charge in [-0.2, -0.15) is 5.10 Å². The average Bonchev–Trinajstić information content (AvgIpc) is 3.11. The monoisotopic (exact) mass is 447 g/mol. The predicted molar refractivity (Wildman–Crippen MR) is 120 cm³/mol. The minimum Gasteiger partial charge on any atom is -0.490 e. The van der Waals surface area contributed by atoms with E-state index in [4.69, 9.17) is 14.2 Å². The number of ketones is 1. The molecule has 0 aliphatic heterocycles.